The van der Waals surface area contributed by atoms with Crippen molar-refractivity contribution < 1.29 is 4.74 Å². The van der Waals surface area contributed by atoms with Gasteiger partial charge < -0.3 is 4.74 Å². The summed E-state index contributed by atoms with van der Waals surface area (Å²) in [5, 5.41) is 20.5. The van der Waals surface area contributed by atoms with Gasteiger partial charge in [-0.1, -0.05) is 0 Å². The molecule has 1 heterocycles. The summed E-state index contributed by atoms with van der Waals surface area (Å²) >= 11 is 0. The van der Waals surface area contributed by atoms with Crippen LogP contribution in [0.25, 0.3) is 0 Å². The lowest BCUT2D eigenvalue weighted by Gasteiger charge is -2.10. The van der Waals surface area contributed by atoms with Crippen LogP contribution in [0, 0.1) is 25.2 Å². The van der Waals surface area contributed by atoms with Crippen molar-refractivity contribution in [1.29, 1.82) is 5.26 Å². The number of benzene rings is 1. The first kappa shape index (κ1) is 12.0. The van der Waals surface area contributed by atoms with Crippen LogP contribution < -0.4 is 4.74 Å². The first-order chi connectivity index (χ1) is 8.60. The predicted molar refractivity (Wildman–Crippen MR) is 63.8 cm³/mol. The Morgan fingerprint density at radius 1 is 1.33 bits per heavy atom. The minimum absolute atomic E-state index is 0.265. The molecule has 6 nitrogen and oxygen atoms in total. The summed E-state index contributed by atoms with van der Waals surface area (Å²) in [6.45, 7) is 4.09. The molecule has 0 spiro atoms. The molecule has 0 atom stereocenters. The van der Waals surface area contributed by atoms with Crippen LogP contribution in [0.4, 0.5) is 0 Å². The summed E-state index contributed by atoms with van der Waals surface area (Å²) in [6, 6.07) is 5.72. The number of aromatic nitrogens is 4. The molecule has 0 N–H and O–H groups in total. The highest BCUT2D eigenvalue weighted by atomic mass is 16.5. The van der Waals surface area contributed by atoms with E-state index in [4.69, 9.17) is 10.00 Å². The van der Waals surface area contributed by atoms with Crippen LogP contribution in [-0.4, -0.2) is 20.2 Å². The van der Waals surface area contributed by atoms with Gasteiger partial charge in [-0.15, -0.1) is 10.2 Å². The Morgan fingerprint density at radius 2 is 2.00 bits per heavy atom. The van der Waals surface area contributed by atoms with Gasteiger partial charge in [-0.2, -0.15) is 10.1 Å². The van der Waals surface area contributed by atoms with E-state index in [1.807, 2.05) is 13.8 Å². The molecule has 0 aliphatic carbocycles. The number of nitriles is 1. The van der Waals surface area contributed by atoms with Gasteiger partial charge in [0.2, 0.25) is 5.82 Å². The topological polar surface area (TPSA) is 76.6 Å². The molecule has 0 unspecified atom stereocenters. The second kappa shape index (κ2) is 4.84. The van der Waals surface area contributed by atoms with E-state index in [0.29, 0.717) is 11.4 Å². The van der Waals surface area contributed by atoms with Crippen LogP contribution >= 0.6 is 0 Å². The van der Waals surface area contributed by atoms with Crippen molar-refractivity contribution in [2.24, 2.45) is 7.05 Å². The Kier molecular flexibility index (Phi) is 3.24. The van der Waals surface area contributed by atoms with Gasteiger partial charge in [0.1, 0.15) is 5.75 Å². The zero-order chi connectivity index (χ0) is 13.1. The van der Waals surface area contributed by atoms with Crippen LogP contribution in [0.3, 0.4) is 0 Å². The number of ether oxygens (including phenoxy) is 1. The van der Waals surface area contributed by atoms with Gasteiger partial charge in [0.15, 0.2) is 6.61 Å². The first-order valence-electron chi connectivity index (χ1n) is 5.47. The second-order valence-corrected chi connectivity index (χ2v) is 4.03. The number of nitrogens with zero attached hydrogens (tertiary/aromatic N) is 5. The van der Waals surface area contributed by atoms with E-state index >= 15 is 0 Å². The molecule has 0 aliphatic rings. The van der Waals surface area contributed by atoms with Crippen LogP contribution in [0.2, 0.25) is 0 Å². The second-order valence-electron chi connectivity index (χ2n) is 4.03. The molecule has 1 aromatic heterocycles. The third-order valence-electron chi connectivity index (χ3n) is 2.48. The fourth-order valence-corrected chi connectivity index (χ4v) is 1.76. The minimum atomic E-state index is 0.265. The molecular formula is C12H13N5O. The highest BCUT2D eigenvalue weighted by Gasteiger charge is 2.08. The molecule has 0 saturated heterocycles. The molecule has 6 heteroatoms. The lowest BCUT2D eigenvalue weighted by atomic mass is 10.1. The number of tetrazole rings is 1. The predicted octanol–water partition coefficient (Wildman–Crippen LogP) is 1.28. The largest absolute Gasteiger partial charge is 0.485 e. The monoisotopic (exact) mass is 243 g/mol. The van der Waals surface area contributed by atoms with Gasteiger partial charge >= 0.3 is 0 Å². The fourth-order valence-electron chi connectivity index (χ4n) is 1.76. The maximum Gasteiger partial charge on any atom is 0.212 e. The SMILES string of the molecule is Cc1cc(C#N)cc(C)c1OCc1nnn(C)n1. The van der Waals surface area contributed by atoms with Gasteiger partial charge in [-0.3, -0.25) is 0 Å². The number of aryl methyl sites for hydroxylation is 3. The Bertz CT molecular complexity index is 588. The summed E-state index contributed by atoms with van der Waals surface area (Å²) in [7, 11) is 1.70. The van der Waals surface area contributed by atoms with Gasteiger partial charge in [-0.25, -0.2) is 0 Å². The summed E-state index contributed by atoms with van der Waals surface area (Å²) in [4.78, 5) is 1.39. The van der Waals surface area contributed by atoms with Crippen LogP contribution in [0.1, 0.15) is 22.5 Å². The molecule has 2 aromatic rings. The van der Waals surface area contributed by atoms with Crippen molar-refractivity contribution in [3.05, 3.63) is 34.6 Å². The summed E-state index contributed by atoms with van der Waals surface area (Å²) in [6.07, 6.45) is 0. The van der Waals surface area contributed by atoms with Crippen LogP contribution in [0.5, 0.6) is 5.75 Å². The highest BCUT2D eigenvalue weighted by molar-refractivity contribution is 5.47. The molecule has 0 radical (unpaired) electrons. The molecule has 92 valence electrons. The lowest BCUT2D eigenvalue weighted by Crippen LogP contribution is -2.02. The van der Waals surface area contributed by atoms with E-state index in [1.54, 1.807) is 19.2 Å². The average Bonchev–Trinajstić information content (AvgIpc) is 2.73. The molecule has 0 amide bonds. The summed E-state index contributed by atoms with van der Waals surface area (Å²) in [5.74, 6) is 1.29. The van der Waals surface area contributed by atoms with Gasteiger partial charge in [-0.05, 0) is 42.3 Å². The molecule has 0 saturated carbocycles. The van der Waals surface area contributed by atoms with Gasteiger partial charge in [0.25, 0.3) is 0 Å². The van der Waals surface area contributed by atoms with E-state index < -0.39 is 0 Å². The van der Waals surface area contributed by atoms with Crippen LogP contribution in [0.15, 0.2) is 12.1 Å². The average molecular weight is 243 g/mol. The Balaban J connectivity index is 2.17. The first-order valence-corrected chi connectivity index (χ1v) is 5.47. The molecule has 2 rings (SSSR count). The maximum absolute atomic E-state index is 8.87. The quantitative estimate of drug-likeness (QED) is 0.811. The number of hydrogen-bond donors (Lipinski definition) is 0. The Morgan fingerprint density at radius 3 is 2.50 bits per heavy atom. The van der Waals surface area contributed by atoms with Gasteiger partial charge in [0, 0.05) is 0 Å². The zero-order valence-corrected chi connectivity index (χ0v) is 10.5. The normalized spacial score (nSPS) is 10.1. The van der Waals surface area contributed by atoms with E-state index in [2.05, 4.69) is 21.5 Å². The van der Waals surface area contributed by atoms with Crippen molar-refractivity contribution in [2.75, 3.05) is 0 Å². The molecule has 0 bridgehead atoms. The molecule has 0 fully saturated rings. The summed E-state index contributed by atoms with van der Waals surface area (Å²) in [5.41, 5.74) is 2.49. The fraction of sp³-hybridized carbons (Fsp3) is 0.333. The minimum Gasteiger partial charge on any atom is -0.485 e. The van der Waals surface area contributed by atoms with Crippen molar-refractivity contribution in [3.63, 3.8) is 0 Å². The van der Waals surface area contributed by atoms with Crippen molar-refractivity contribution in [2.45, 2.75) is 20.5 Å². The third-order valence-corrected chi connectivity index (χ3v) is 2.48. The standard InChI is InChI=1S/C12H13N5O/c1-8-4-10(6-13)5-9(2)12(8)18-7-11-14-16-17(3)15-11/h4-5H,7H2,1-3H3. The Labute approximate surface area is 105 Å². The lowest BCUT2D eigenvalue weighted by molar-refractivity contribution is 0.291. The molecular weight excluding hydrogens is 230 g/mol. The van der Waals surface area contributed by atoms with E-state index in [0.717, 1.165) is 16.9 Å². The third kappa shape index (κ3) is 2.46. The van der Waals surface area contributed by atoms with Gasteiger partial charge in [0.05, 0.1) is 18.7 Å². The molecule has 18 heavy (non-hydrogen) atoms. The zero-order valence-electron chi connectivity index (χ0n) is 10.5. The number of rotatable bonds is 3. The van der Waals surface area contributed by atoms with E-state index in [-0.39, 0.29) is 6.61 Å². The number of hydrogen-bond acceptors (Lipinski definition) is 5. The highest BCUT2D eigenvalue weighted by Crippen LogP contribution is 2.25. The van der Waals surface area contributed by atoms with E-state index in [9.17, 15) is 0 Å². The van der Waals surface area contributed by atoms with Crippen LogP contribution in [-0.2, 0) is 13.7 Å². The van der Waals surface area contributed by atoms with E-state index in [1.165, 1.54) is 4.80 Å². The van der Waals surface area contributed by atoms with Crippen molar-refractivity contribution in [1.82, 2.24) is 20.2 Å². The molecule has 1 aromatic carbocycles. The maximum atomic E-state index is 8.87. The Hall–Kier alpha value is -2.42. The summed E-state index contributed by atoms with van der Waals surface area (Å²) < 4.78 is 5.68. The van der Waals surface area contributed by atoms with Crippen molar-refractivity contribution in [3.8, 4) is 11.8 Å². The smallest absolute Gasteiger partial charge is 0.212 e. The van der Waals surface area contributed by atoms with Crippen molar-refractivity contribution >= 4 is 0 Å². The molecule has 0 aliphatic heterocycles.